The third kappa shape index (κ3) is 8.72. The number of nitrogens with one attached hydrogen (secondary N) is 2. The number of carbonyl (C=O) groups excluding carboxylic acids is 2. The van der Waals surface area contributed by atoms with Crippen molar-refractivity contribution in [3.63, 3.8) is 0 Å². The molecule has 4 heterocycles. The van der Waals surface area contributed by atoms with Crippen LogP contribution >= 0.6 is 0 Å². The summed E-state index contributed by atoms with van der Waals surface area (Å²) >= 11 is 0. The number of anilines is 2. The molecule has 3 aromatic carbocycles. The normalized spacial score (nSPS) is 17.3. The molecule has 2 atom stereocenters. The van der Waals surface area contributed by atoms with Gasteiger partial charge in [0.2, 0.25) is 5.95 Å². The van der Waals surface area contributed by atoms with Gasteiger partial charge in [0.05, 0.1) is 18.3 Å². The summed E-state index contributed by atoms with van der Waals surface area (Å²) in [5, 5.41) is 12.4. The molecule has 2 aliphatic rings. The van der Waals surface area contributed by atoms with Crippen molar-refractivity contribution in [3.05, 3.63) is 120 Å². The van der Waals surface area contributed by atoms with Crippen LogP contribution in [0.2, 0.25) is 0 Å². The predicted octanol–water partition coefficient (Wildman–Crippen LogP) is 5.50. The van der Waals surface area contributed by atoms with Crippen molar-refractivity contribution in [1.29, 1.82) is 0 Å². The first-order valence-corrected chi connectivity index (χ1v) is 17.9. The molecule has 16 heteroatoms. The number of piperazine rings is 1. The summed E-state index contributed by atoms with van der Waals surface area (Å²) in [6.45, 7) is 5.13. The van der Waals surface area contributed by atoms with E-state index in [0.717, 1.165) is 17.7 Å². The molecular weight excluding hydrogens is 712 g/mol. The first-order valence-electron chi connectivity index (χ1n) is 17.9. The van der Waals surface area contributed by atoms with E-state index in [4.69, 9.17) is 19.4 Å². The molecule has 0 saturated carbocycles. The minimum atomic E-state index is -1.01. The van der Waals surface area contributed by atoms with Crippen LogP contribution in [0.15, 0.2) is 91.3 Å². The Kier molecular flexibility index (Phi) is 11.6. The summed E-state index contributed by atoms with van der Waals surface area (Å²) in [5.41, 5.74) is 3.88. The fourth-order valence-corrected chi connectivity index (χ4v) is 6.52. The van der Waals surface area contributed by atoms with Crippen LogP contribution in [0.5, 0.6) is 0 Å². The molecule has 0 unspecified atom stereocenters. The van der Waals surface area contributed by atoms with Crippen molar-refractivity contribution < 1.29 is 32.7 Å². The molecule has 2 aromatic heterocycles. The van der Waals surface area contributed by atoms with Crippen LogP contribution in [-0.2, 0) is 20.9 Å². The second kappa shape index (κ2) is 17.0. The van der Waals surface area contributed by atoms with Crippen molar-refractivity contribution >= 4 is 23.9 Å². The van der Waals surface area contributed by atoms with Crippen LogP contribution < -0.4 is 15.5 Å². The van der Waals surface area contributed by atoms with Crippen molar-refractivity contribution in [1.82, 2.24) is 35.0 Å². The second-order valence-corrected chi connectivity index (χ2v) is 13.1. The van der Waals surface area contributed by atoms with Gasteiger partial charge in [-0.15, -0.1) is 0 Å². The molecule has 2 N–H and O–H groups in total. The van der Waals surface area contributed by atoms with Gasteiger partial charge in [-0.05, 0) is 42.3 Å². The number of hydroxylamine groups is 2. The maximum absolute atomic E-state index is 14.2. The third-order valence-corrected chi connectivity index (χ3v) is 9.45. The lowest BCUT2D eigenvalue weighted by Crippen LogP contribution is -2.49. The first kappa shape index (κ1) is 37.3. The predicted molar refractivity (Wildman–Crippen MR) is 199 cm³/mol. The summed E-state index contributed by atoms with van der Waals surface area (Å²) < 4.78 is 40.3. The topological polar surface area (TPSA) is 139 Å². The Bertz CT molecular complexity index is 2080. The molecule has 7 rings (SSSR count). The molecule has 2 aliphatic heterocycles. The zero-order chi connectivity index (χ0) is 38.3. The number of rotatable bonds is 11. The molecule has 3 amide bonds. The van der Waals surface area contributed by atoms with E-state index in [-0.39, 0.29) is 19.2 Å². The van der Waals surface area contributed by atoms with E-state index in [1.54, 1.807) is 34.1 Å². The first-order chi connectivity index (χ1) is 26.8. The van der Waals surface area contributed by atoms with Gasteiger partial charge in [-0.2, -0.15) is 10.2 Å². The molecule has 2 saturated heterocycles. The lowest BCUT2D eigenvalue weighted by atomic mass is 10.0. The monoisotopic (exact) mass is 753 g/mol. The average Bonchev–Trinajstić information content (AvgIpc) is 3.77. The summed E-state index contributed by atoms with van der Waals surface area (Å²) in [7, 11) is 1.57. The Morgan fingerprint density at radius 1 is 0.927 bits per heavy atom. The Morgan fingerprint density at radius 3 is 2.33 bits per heavy atom. The lowest BCUT2D eigenvalue weighted by Gasteiger charge is -2.34. The molecule has 5 aromatic rings. The van der Waals surface area contributed by atoms with E-state index in [9.17, 15) is 18.4 Å². The molecule has 0 bridgehead atoms. The molecule has 0 radical (unpaired) electrons. The number of urea groups is 1. The minimum absolute atomic E-state index is 0.218. The highest BCUT2D eigenvalue weighted by molar-refractivity contribution is 5.91. The van der Waals surface area contributed by atoms with E-state index in [0.29, 0.717) is 79.2 Å². The molecule has 0 aliphatic carbocycles. The van der Waals surface area contributed by atoms with Gasteiger partial charge in [-0.25, -0.2) is 33.0 Å². The average molecular weight is 754 g/mol. The largest absolute Gasteiger partial charge is 0.445 e. The lowest BCUT2D eigenvalue weighted by molar-refractivity contribution is -0.154. The quantitative estimate of drug-likeness (QED) is 0.178. The van der Waals surface area contributed by atoms with E-state index < -0.39 is 29.8 Å². The van der Waals surface area contributed by atoms with Gasteiger partial charge in [0.25, 0.3) is 0 Å². The number of nitrogens with zero attached hydrogens (tertiary/aromatic N) is 7. The van der Waals surface area contributed by atoms with Gasteiger partial charge in [-0.1, -0.05) is 54.6 Å². The van der Waals surface area contributed by atoms with Crippen molar-refractivity contribution in [2.45, 2.75) is 25.7 Å². The van der Waals surface area contributed by atoms with E-state index in [1.165, 1.54) is 6.07 Å². The highest BCUT2D eigenvalue weighted by atomic mass is 19.2. The number of hydrogen-bond donors (Lipinski definition) is 2. The Morgan fingerprint density at radius 2 is 1.64 bits per heavy atom. The Hall–Kier alpha value is -5.97. The zero-order valence-corrected chi connectivity index (χ0v) is 30.4. The summed E-state index contributed by atoms with van der Waals surface area (Å²) in [4.78, 5) is 45.4. The van der Waals surface area contributed by atoms with Crippen LogP contribution in [0.3, 0.4) is 0 Å². The maximum atomic E-state index is 14.2. The number of para-hydroxylation sites is 1. The van der Waals surface area contributed by atoms with Crippen molar-refractivity contribution in [3.8, 4) is 16.9 Å². The fraction of sp³-hybridized carbons (Fsp3) is 0.308. The SMILES string of the molecule is COCCN1C[C@@H](NC(=O)Nc2c(C)c(-c3cnc(N4CCN(C(=O)OCc5ccccc5)CC4)nc3)nn2-c2ccccc2)[C@H](c2ccc(F)c(F)c2)O1. The summed E-state index contributed by atoms with van der Waals surface area (Å²) in [6.07, 6.45) is 2.24. The third-order valence-electron chi connectivity index (χ3n) is 9.45. The maximum Gasteiger partial charge on any atom is 0.410 e. The van der Waals surface area contributed by atoms with E-state index >= 15 is 0 Å². The van der Waals surface area contributed by atoms with Crippen LogP contribution in [0.4, 0.5) is 30.1 Å². The smallest absolute Gasteiger partial charge is 0.410 e. The molecule has 0 spiro atoms. The van der Waals surface area contributed by atoms with Crippen LogP contribution in [0, 0.1) is 18.6 Å². The summed E-state index contributed by atoms with van der Waals surface area (Å²) in [5.74, 6) is -1.05. The molecule has 14 nitrogen and oxygen atoms in total. The number of methoxy groups -OCH3 is 1. The Labute approximate surface area is 316 Å². The van der Waals surface area contributed by atoms with Gasteiger partial charge in [0, 0.05) is 69.9 Å². The zero-order valence-electron chi connectivity index (χ0n) is 30.4. The number of carbonyl (C=O) groups is 2. The van der Waals surface area contributed by atoms with E-state index in [1.807, 2.05) is 72.5 Å². The Balaban J connectivity index is 1.05. The highest BCUT2D eigenvalue weighted by Gasteiger charge is 2.37. The fourth-order valence-electron chi connectivity index (χ4n) is 6.52. The van der Waals surface area contributed by atoms with Crippen molar-refractivity contribution in [2.75, 3.05) is 63.2 Å². The number of amides is 3. The highest BCUT2D eigenvalue weighted by Crippen LogP contribution is 2.32. The van der Waals surface area contributed by atoms with Crippen LogP contribution in [-0.4, -0.2) is 101 Å². The minimum Gasteiger partial charge on any atom is -0.445 e. The number of halogens is 2. The van der Waals surface area contributed by atoms with Crippen LogP contribution in [0.1, 0.15) is 22.8 Å². The standard InChI is InChI=1S/C39H41F2N9O5/c1-26-34(29-22-42-37(43-23-29)47-15-17-48(18-16-47)39(52)54-25-27-9-5-3-6-10-27)46-50(30-11-7-4-8-12-30)36(26)45-38(51)44-33-24-49(19-20-53-2)55-35(33)28-13-14-31(40)32(41)21-28/h3-14,21-23,33,35H,15-20,24-25H2,1-2H3,(H2,44,45,51)/t33-,35+/m1/s1. The molecular formula is C39H41F2N9O5. The number of hydrogen-bond acceptors (Lipinski definition) is 10. The van der Waals surface area contributed by atoms with Gasteiger partial charge < -0.3 is 24.6 Å². The van der Waals surface area contributed by atoms with Gasteiger partial charge in [0.1, 0.15) is 24.2 Å². The van der Waals surface area contributed by atoms with Gasteiger partial charge in [0.15, 0.2) is 11.6 Å². The number of benzene rings is 3. The van der Waals surface area contributed by atoms with Gasteiger partial charge >= 0.3 is 12.1 Å². The van der Waals surface area contributed by atoms with Crippen molar-refractivity contribution in [2.24, 2.45) is 0 Å². The second-order valence-electron chi connectivity index (χ2n) is 13.1. The number of ether oxygens (including phenoxy) is 2. The van der Waals surface area contributed by atoms with E-state index in [2.05, 4.69) is 20.6 Å². The molecule has 2 fully saturated rings. The van der Waals surface area contributed by atoms with Gasteiger partial charge in [-0.3, -0.25) is 10.2 Å². The molecule has 55 heavy (non-hydrogen) atoms. The van der Waals surface area contributed by atoms with Crippen LogP contribution in [0.25, 0.3) is 16.9 Å². The number of aromatic nitrogens is 4. The summed E-state index contributed by atoms with van der Waals surface area (Å²) in [6, 6.07) is 21.3. The molecule has 286 valence electrons.